The Morgan fingerprint density at radius 1 is 1.19 bits per heavy atom. The van der Waals surface area contributed by atoms with Gasteiger partial charge in [-0.15, -0.1) is 0 Å². The Bertz CT molecular complexity index is 1020. The quantitative estimate of drug-likeness (QED) is 0.246. The van der Waals surface area contributed by atoms with Gasteiger partial charge in [-0.2, -0.15) is 0 Å². The summed E-state index contributed by atoms with van der Waals surface area (Å²) in [6.45, 7) is 0. The Kier molecular flexibility index (Phi) is 5.02. The second kappa shape index (κ2) is 7.25. The van der Waals surface area contributed by atoms with Crippen LogP contribution in [0.25, 0.3) is 6.08 Å². The lowest BCUT2D eigenvalue weighted by molar-refractivity contribution is -0.385. The summed E-state index contributed by atoms with van der Waals surface area (Å²) >= 11 is 8.39. The number of phenols is 1. The molecule has 1 saturated heterocycles. The average molecular weight is 448 g/mol. The van der Waals surface area contributed by atoms with Crippen molar-refractivity contribution in [2.45, 2.75) is 0 Å². The largest absolute Gasteiger partial charge is 0.502 e. The van der Waals surface area contributed by atoms with Crippen LogP contribution < -0.4 is 10.2 Å². The molecule has 0 aliphatic carbocycles. The Morgan fingerprint density at radius 2 is 1.85 bits per heavy atom. The highest BCUT2D eigenvalue weighted by Gasteiger charge is 2.34. The lowest BCUT2D eigenvalue weighted by Crippen LogP contribution is -2.54. The van der Waals surface area contributed by atoms with E-state index in [2.05, 4.69) is 21.2 Å². The number of anilines is 1. The van der Waals surface area contributed by atoms with Crippen LogP contribution in [-0.4, -0.2) is 27.0 Å². The highest BCUT2D eigenvalue weighted by Crippen LogP contribution is 2.28. The molecule has 3 rings (SSSR count). The molecule has 0 saturated carbocycles. The van der Waals surface area contributed by atoms with E-state index in [0.29, 0.717) is 5.69 Å². The summed E-state index contributed by atoms with van der Waals surface area (Å²) in [6, 6.07) is 10.3. The molecule has 2 aromatic rings. The fourth-order valence-electron chi connectivity index (χ4n) is 2.43. The minimum atomic E-state index is -0.761. The minimum absolute atomic E-state index is 0.0684. The Hall–Kier alpha value is -3.11. The molecule has 0 unspecified atom stereocenters. The van der Waals surface area contributed by atoms with Crippen molar-refractivity contribution in [1.82, 2.24) is 5.32 Å². The number of phenolic OH excluding ortho intramolecular Hbond substituents is 1. The van der Waals surface area contributed by atoms with Crippen molar-refractivity contribution in [2.24, 2.45) is 0 Å². The number of nitro groups is 1. The number of hydrogen-bond acceptors (Lipinski definition) is 6. The van der Waals surface area contributed by atoms with Crippen molar-refractivity contribution >= 4 is 62.5 Å². The summed E-state index contributed by atoms with van der Waals surface area (Å²) < 4.78 is 0.804. The van der Waals surface area contributed by atoms with Crippen molar-refractivity contribution in [3.8, 4) is 5.75 Å². The third-order valence-electron chi connectivity index (χ3n) is 3.69. The first-order valence-electron chi connectivity index (χ1n) is 7.42. The molecule has 2 aromatic carbocycles. The van der Waals surface area contributed by atoms with E-state index in [1.165, 1.54) is 12.1 Å². The van der Waals surface area contributed by atoms with Gasteiger partial charge in [-0.25, -0.2) is 0 Å². The normalized spacial score (nSPS) is 15.8. The number of nitrogens with one attached hydrogen (secondary N) is 1. The third kappa shape index (κ3) is 3.71. The third-order valence-corrected chi connectivity index (χ3v) is 4.51. The molecule has 2 N–H and O–H groups in total. The SMILES string of the molecule is O=C1NC(=S)N(c2ccc(Br)cc2)C(=O)/C1=C/c1ccc(O)c([N+](=O)[O-])c1. The van der Waals surface area contributed by atoms with Gasteiger partial charge in [0.15, 0.2) is 10.9 Å². The zero-order chi connectivity index (χ0) is 19.7. The molecule has 1 fully saturated rings. The molecule has 136 valence electrons. The van der Waals surface area contributed by atoms with Gasteiger partial charge in [-0.05, 0) is 54.2 Å². The molecule has 10 heteroatoms. The van der Waals surface area contributed by atoms with E-state index < -0.39 is 28.2 Å². The summed E-state index contributed by atoms with van der Waals surface area (Å²) in [5.41, 5.74) is -0.114. The van der Waals surface area contributed by atoms with Crippen molar-refractivity contribution in [3.63, 3.8) is 0 Å². The second-order valence-corrected chi connectivity index (χ2v) is 6.74. The lowest BCUT2D eigenvalue weighted by atomic mass is 10.1. The molecule has 2 amide bonds. The second-order valence-electron chi connectivity index (χ2n) is 5.44. The number of carbonyl (C=O) groups excluding carboxylic acids is 2. The van der Waals surface area contributed by atoms with E-state index in [1.54, 1.807) is 24.3 Å². The molecule has 8 nitrogen and oxygen atoms in total. The molecular formula is C17H10BrN3O5S. The number of halogens is 1. The number of rotatable bonds is 3. The smallest absolute Gasteiger partial charge is 0.311 e. The van der Waals surface area contributed by atoms with Gasteiger partial charge in [0, 0.05) is 10.5 Å². The molecule has 0 atom stereocenters. The number of carbonyl (C=O) groups is 2. The van der Waals surface area contributed by atoms with E-state index >= 15 is 0 Å². The highest BCUT2D eigenvalue weighted by atomic mass is 79.9. The van der Waals surface area contributed by atoms with Crippen molar-refractivity contribution in [2.75, 3.05) is 4.90 Å². The Morgan fingerprint density at radius 3 is 2.48 bits per heavy atom. The fourth-order valence-corrected chi connectivity index (χ4v) is 2.97. The predicted octanol–water partition coefficient (Wildman–Crippen LogP) is 2.89. The maximum Gasteiger partial charge on any atom is 0.311 e. The first kappa shape index (κ1) is 18.7. The van der Waals surface area contributed by atoms with E-state index in [0.717, 1.165) is 21.5 Å². The maximum atomic E-state index is 12.8. The van der Waals surface area contributed by atoms with E-state index in [4.69, 9.17) is 12.2 Å². The maximum absolute atomic E-state index is 12.8. The van der Waals surface area contributed by atoms with Gasteiger partial charge in [-0.1, -0.05) is 22.0 Å². The van der Waals surface area contributed by atoms with Crippen LogP contribution in [0.5, 0.6) is 5.75 Å². The van der Waals surface area contributed by atoms with Crippen LogP contribution in [0.2, 0.25) is 0 Å². The Labute approximate surface area is 166 Å². The summed E-state index contributed by atoms with van der Waals surface area (Å²) in [6.07, 6.45) is 1.21. The van der Waals surface area contributed by atoms with Crippen LogP contribution in [0, 0.1) is 10.1 Å². The summed E-state index contributed by atoms with van der Waals surface area (Å²) in [4.78, 5) is 36.4. The zero-order valence-electron chi connectivity index (χ0n) is 13.4. The van der Waals surface area contributed by atoms with Crippen LogP contribution in [0.1, 0.15) is 5.56 Å². The van der Waals surface area contributed by atoms with Crippen LogP contribution >= 0.6 is 28.1 Å². The standard InChI is InChI=1S/C17H10BrN3O5S/c18-10-2-4-11(5-3-10)20-16(24)12(15(23)19-17(20)27)7-9-1-6-14(22)13(8-9)21(25)26/h1-8,22H,(H,19,23,27)/b12-7+. The van der Waals surface area contributed by atoms with Crippen LogP contribution in [0.15, 0.2) is 52.5 Å². The van der Waals surface area contributed by atoms with Crippen LogP contribution in [0.4, 0.5) is 11.4 Å². The van der Waals surface area contributed by atoms with Crippen molar-refractivity contribution in [1.29, 1.82) is 0 Å². The molecule has 0 spiro atoms. The first-order chi connectivity index (χ1) is 12.8. The van der Waals surface area contributed by atoms with Crippen LogP contribution in [-0.2, 0) is 9.59 Å². The minimum Gasteiger partial charge on any atom is -0.502 e. The zero-order valence-corrected chi connectivity index (χ0v) is 15.8. The Balaban J connectivity index is 2.03. The summed E-state index contributed by atoms with van der Waals surface area (Å²) in [7, 11) is 0. The lowest BCUT2D eigenvalue weighted by Gasteiger charge is -2.28. The van der Waals surface area contributed by atoms with Crippen LogP contribution in [0.3, 0.4) is 0 Å². The molecule has 0 bridgehead atoms. The number of aromatic hydroxyl groups is 1. The summed E-state index contributed by atoms with van der Waals surface area (Å²) in [5, 5.41) is 22.8. The van der Waals surface area contributed by atoms with E-state index in [-0.39, 0.29) is 16.2 Å². The number of benzene rings is 2. The number of thiocarbonyl (C=S) groups is 1. The van der Waals surface area contributed by atoms with Crippen molar-refractivity contribution in [3.05, 3.63) is 68.2 Å². The monoisotopic (exact) mass is 447 g/mol. The molecular weight excluding hydrogens is 438 g/mol. The van der Waals surface area contributed by atoms with E-state index in [1.807, 2.05) is 0 Å². The van der Waals surface area contributed by atoms with Crippen molar-refractivity contribution < 1.29 is 19.6 Å². The molecule has 1 aliphatic rings. The number of nitro benzene ring substituents is 1. The summed E-state index contributed by atoms with van der Waals surface area (Å²) in [5.74, 6) is -1.89. The molecule has 27 heavy (non-hydrogen) atoms. The van der Waals surface area contributed by atoms with Gasteiger partial charge in [0.25, 0.3) is 11.8 Å². The van der Waals surface area contributed by atoms with Gasteiger partial charge in [-0.3, -0.25) is 29.9 Å². The number of hydrogen-bond donors (Lipinski definition) is 2. The predicted molar refractivity (Wildman–Crippen MR) is 105 cm³/mol. The average Bonchev–Trinajstić information content (AvgIpc) is 2.61. The molecule has 1 aliphatic heterocycles. The van der Waals surface area contributed by atoms with Gasteiger partial charge in [0.1, 0.15) is 5.57 Å². The first-order valence-corrected chi connectivity index (χ1v) is 8.62. The van der Waals surface area contributed by atoms with Gasteiger partial charge >= 0.3 is 5.69 Å². The topological polar surface area (TPSA) is 113 Å². The molecule has 0 radical (unpaired) electrons. The number of nitrogens with zero attached hydrogens (tertiary/aromatic N) is 2. The highest BCUT2D eigenvalue weighted by molar-refractivity contribution is 9.10. The van der Waals surface area contributed by atoms with Gasteiger partial charge in [0.05, 0.1) is 10.6 Å². The number of amides is 2. The molecule has 0 aromatic heterocycles. The van der Waals surface area contributed by atoms with Gasteiger partial charge in [0.2, 0.25) is 0 Å². The fraction of sp³-hybridized carbons (Fsp3) is 0. The van der Waals surface area contributed by atoms with E-state index in [9.17, 15) is 24.8 Å². The van der Waals surface area contributed by atoms with Gasteiger partial charge < -0.3 is 5.11 Å². The molecule has 1 heterocycles.